The Morgan fingerprint density at radius 1 is 1.07 bits per heavy atom. The van der Waals surface area contributed by atoms with Gasteiger partial charge in [0.1, 0.15) is 11.4 Å². The van der Waals surface area contributed by atoms with Gasteiger partial charge in [0.05, 0.1) is 23.2 Å². The maximum absolute atomic E-state index is 12.7. The fourth-order valence-corrected chi connectivity index (χ4v) is 2.02. The van der Waals surface area contributed by atoms with E-state index in [1.165, 1.54) is 36.5 Å². The summed E-state index contributed by atoms with van der Waals surface area (Å²) < 4.78 is 43.2. The fraction of sp³-hybridized carbons (Fsp3) is 0.263. The molecule has 0 radical (unpaired) electrons. The summed E-state index contributed by atoms with van der Waals surface area (Å²) in [5.74, 6) is -0.141. The molecule has 10 heteroatoms. The van der Waals surface area contributed by atoms with Gasteiger partial charge in [-0.05, 0) is 57.2 Å². The lowest BCUT2D eigenvalue weighted by Crippen LogP contribution is -2.29. The molecule has 0 aliphatic rings. The summed E-state index contributed by atoms with van der Waals surface area (Å²) in [6.45, 7) is 5.09. The first-order valence-corrected chi connectivity index (χ1v) is 8.38. The van der Waals surface area contributed by atoms with Gasteiger partial charge in [0, 0.05) is 5.56 Å². The van der Waals surface area contributed by atoms with Gasteiger partial charge in [0.25, 0.3) is 0 Å². The van der Waals surface area contributed by atoms with Crippen molar-refractivity contribution in [2.75, 3.05) is 0 Å². The molecular formula is C19H19F3N4O3. The average molecular weight is 408 g/mol. The average Bonchev–Trinajstić information content (AvgIpc) is 2.60. The molecule has 7 nitrogen and oxygen atoms in total. The van der Waals surface area contributed by atoms with Gasteiger partial charge < -0.3 is 9.84 Å². The van der Waals surface area contributed by atoms with E-state index in [0.717, 1.165) is 12.1 Å². The number of benzene rings is 2. The van der Waals surface area contributed by atoms with E-state index < -0.39 is 23.4 Å². The maximum Gasteiger partial charge on any atom is 0.428 e. The molecule has 0 saturated carbocycles. The number of hydrazone groups is 1. The molecule has 0 atom stereocenters. The predicted octanol–water partition coefficient (Wildman–Crippen LogP) is 5.69. The number of carbonyl (C=O) groups is 1. The molecule has 29 heavy (non-hydrogen) atoms. The Kier molecular flexibility index (Phi) is 6.57. The van der Waals surface area contributed by atoms with Crippen LogP contribution < -0.4 is 5.43 Å². The molecule has 154 valence electrons. The first-order chi connectivity index (χ1) is 13.4. The number of hydrogen-bond donors (Lipinski definition) is 2. The second-order valence-electron chi connectivity index (χ2n) is 6.86. The van der Waals surface area contributed by atoms with E-state index in [4.69, 9.17) is 4.74 Å². The van der Waals surface area contributed by atoms with Crippen molar-refractivity contribution in [3.8, 4) is 5.75 Å². The minimum absolute atomic E-state index is 0.0229. The molecule has 0 aliphatic carbocycles. The summed E-state index contributed by atoms with van der Waals surface area (Å²) in [4.78, 5) is 11.5. The lowest BCUT2D eigenvalue weighted by atomic mass is 10.2. The van der Waals surface area contributed by atoms with Crippen LogP contribution in [0.5, 0.6) is 5.75 Å². The number of nitrogens with zero attached hydrogens (tertiary/aromatic N) is 3. The van der Waals surface area contributed by atoms with Crippen LogP contribution in [0.4, 0.5) is 29.3 Å². The third-order valence-corrected chi connectivity index (χ3v) is 3.22. The van der Waals surface area contributed by atoms with E-state index in [1.54, 1.807) is 20.8 Å². The predicted molar refractivity (Wildman–Crippen MR) is 101 cm³/mol. The quantitative estimate of drug-likeness (QED) is 0.387. The molecule has 0 heterocycles. The van der Waals surface area contributed by atoms with Gasteiger partial charge in [0.2, 0.25) is 0 Å². The number of alkyl halides is 3. The van der Waals surface area contributed by atoms with Crippen molar-refractivity contribution in [1.82, 2.24) is 5.43 Å². The Hall–Kier alpha value is -3.43. The normalized spacial score (nSPS) is 12.5. The van der Waals surface area contributed by atoms with Gasteiger partial charge in [-0.15, -0.1) is 0 Å². The van der Waals surface area contributed by atoms with Crippen LogP contribution in [0, 0.1) is 0 Å². The highest BCUT2D eigenvalue weighted by Crippen LogP contribution is 2.32. The van der Waals surface area contributed by atoms with E-state index in [9.17, 15) is 23.1 Å². The van der Waals surface area contributed by atoms with E-state index in [-0.39, 0.29) is 22.7 Å². The SMILES string of the molecule is CC(C)(C)OC(=O)NN=Cc1cc(N=Nc2cccc(C(F)(F)F)c2)ccc1O. The van der Waals surface area contributed by atoms with Crippen molar-refractivity contribution >= 4 is 23.7 Å². The van der Waals surface area contributed by atoms with Gasteiger partial charge in [0.15, 0.2) is 0 Å². The van der Waals surface area contributed by atoms with Crippen LogP contribution in [0.15, 0.2) is 57.8 Å². The number of phenols is 1. The molecule has 2 aromatic carbocycles. The number of rotatable bonds is 4. The minimum Gasteiger partial charge on any atom is -0.507 e. The highest BCUT2D eigenvalue weighted by molar-refractivity contribution is 5.85. The third-order valence-electron chi connectivity index (χ3n) is 3.22. The smallest absolute Gasteiger partial charge is 0.428 e. The van der Waals surface area contributed by atoms with Crippen molar-refractivity contribution in [1.29, 1.82) is 0 Å². The maximum atomic E-state index is 12.7. The molecule has 0 bridgehead atoms. The summed E-state index contributed by atoms with van der Waals surface area (Å²) in [5, 5.41) is 21.2. The Morgan fingerprint density at radius 3 is 2.34 bits per heavy atom. The molecule has 2 N–H and O–H groups in total. The minimum atomic E-state index is -4.48. The Bertz CT molecular complexity index is 935. The van der Waals surface area contributed by atoms with Gasteiger partial charge >= 0.3 is 12.3 Å². The number of azo groups is 1. The molecular weight excluding hydrogens is 389 g/mol. The Morgan fingerprint density at radius 2 is 1.72 bits per heavy atom. The van der Waals surface area contributed by atoms with Gasteiger partial charge in [-0.3, -0.25) is 0 Å². The zero-order chi connectivity index (χ0) is 21.7. The molecule has 2 aromatic rings. The zero-order valence-corrected chi connectivity index (χ0v) is 15.9. The van der Waals surface area contributed by atoms with Crippen LogP contribution in [0.2, 0.25) is 0 Å². The number of phenolic OH excluding ortho intramolecular Hbond substituents is 1. The summed E-state index contributed by atoms with van der Waals surface area (Å²) in [6, 6.07) is 8.55. The fourth-order valence-electron chi connectivity index (χ4n) is 2.02. The lowest BCUT2D eigenvalue weighted by molar-refractivity contribution is -0.137. The second-order valence-corrected chi connectivity index (χ2v) is 6.86. The molecule has 0 spiro atoms. The van der Waals surface area contributed by atoms with Crippen molar-refractivity contribution in [2.45, 2.75) is 32.5 Å². The largest absolute Gasteiger partial charge is 0.507 e. The first-order valence-electron chi connectivity index (χ1n) is 8.38. The van der Waals surface area contributed by atoms with E-state index in [0.29, 0.717) is 0 Å². The number of hydrogen-bond acceptors (Lipinski definition) is 6. The lowest BCUT2D eigenvalue weighted by Gasteiger charge is -2.18. The van der Waals surface area contributed by atoms with Crippen LogP contribution in [-0.4, -0.2) is 23.0 Å². The van der Waals surface area contributed by atoms with Crippen LogP contribution in [0.3, 0.4) is 0 Å². The molecule has 0 fully saturated rings. The number of nitrogens with one attached hydrogen (secondary N) is 1. The van der Waals surface area contributed by atoms with Crippen molar-refractivity contribution < 1.29 is 27.8 Å². The number of aromatic hydroxyl groups is 1. The summed E-state index contributed by atoms with van der Waals surface area (Å²) in [6.07, 6.45) is -4.08. The molecule has 1 amide bonds. The first kappa shape index (κ1) is 21.9. The van der Waals surface area contributed by atoms with Crippen LogP contribution >= 0.6 is 0 Å². The Balaban J connectivity index is 2.12. The molecule has 0 aromatic heterocycles. The number of amides is 1. The standard InChI is InChI=1S/C19H19F3N4O3/c1-18(2,3)29-17(28)26-23-11-12-9-15(7-8-16(12)27)25-24-14-6-4-5-13(10-14)19(20,21)22/h4-11,27H,1-3H3,(H,26,28). The van der Waals surface area contributed by atoms with Gasteiger partial charge in [-0.2, -0.15) is 28.5 Å². The summed E-state index contributed by atoms with van der Waals surface area (Å²) >= 11 is 0. The van der Waals surface area contributed by atoms with Crippen molar-refractivity contribution in [3.63, 3.8) is 0 Å². The summed E-state index contributed by atoms with van der Waals surface area (Å²) in [7, 11) is 0. The van der Waals surface area contributed by atoms with E-state index in [2.05, 4.69) is 20.8 Å². The Labute approximate surface area is 164 Å². The van der Waals surface area contributed by atoms with Crippen LogP contribution in [0.25, 0.3) is 0 Å². The van der Waals surface area contributed by atoms with Gasteiger partial charge in [-0.25, -0.2) is 10.2 Å². The zero-order valence-electron chi connectivity index (χ0n) is 15.9. The highest BCUT2D eigenvalue weighted by atomic mass is 19.4. The topological polar surface area (TPSA) is 95.6 Å². The highest BCUT2D eigenvalue weighted by Gasteiger charge is 2.30. The number of ether oxygens (including phenoxy) is 1. The molecule has 2 rings (SSSR count). The third kappa shape index (κ3) is 7.24. The van der Waals surface area contributed by atoms with E-state index in [1.807, 2.05) is 0 Å². The number of carbonyl (C=O) groups excluding carboxylic acids is 1. The number of halogens is 3. The molecule has 0 aliphatic heterocycles. The van der Waals surface area contributed by atoms with Crippen molar-refractivity contribution in [2.24, 2.45) is 15.3 Å². The van der Waals surface area contributed by atoms with E-state index >= 15 is 0 Å². The second kappa shape index (κ2) is 8.72. The van der Waals surface area contributed by atoms with Gasteiger partial charge in [-0.1, -0.05) is 6.07 Å². The monoisotopic (exact) mass is 408 g/mol. The molecule has 0 unspecified atom stereocenters. The van der Waals surface area contributed by atoms with Crippen LogP contribution in [-0.2, 0) is 10.9 Å². The summed E-state index contributed by atoms with van der Waals surface area (Å²) in [5.41, 5.74) is 1.12. The molecule has 0 saturated heterocycles. The van der Waals surface area contributed by atoms with Crippen molar-refractivity contribution in [3.05, 3.63) is 53.6 Å². The van der Waals surface area contributed by atoms with Crippen LogP contribution in [0.1, 0.15) is 31.9 Å².